The van der Waals surface area contributed by atoms with E-state index >= 15 is 0 Å². The predicted molar refractivity (Wildman–Crippen MR) is 98.7 cm³/mol. The van der Waals surface area contributed by atoms with Crippen molar-refractivity contribution >= 4 is 38.9 Å². The molecule has 26 heavy (non-hydrogen) atoms. The Morgan fingerprint density at radius 2 is 1.81 bits per heavy atom. The van der Waals surface area contributed by atoms with Gasteiger partial charge in [0.15, 0.2) is 0 Å². The van der Waals surface area contributed by atoms with Crippen molar-refractivity contribution in [1.29, 1.82) is 0 Å². The molecule has 0 saturated carbocycles. The van der Waals surface area contributed by atoms with Crippen molar-refractivity contribution in [2.24, 2.45) is 0 Å². The molecule has 0 aliphatic carbocycles. The Morgan fingerprint density at radius 3 is 2.42 bits per heavy atom. The van der Waals surface area contributed by atoms with Gasteiger partial charge in [0.1, 0.15) is 11.5 Å². The molecule has 0 aliphatic rings. The SMILES string of the molecule is CN(C)C(=S)Oc1ccc2ncsc2c1-c1ccc(OC(F)(F)F)cc1. The van der Waals surface area contributed by atoms with Crippen molar-refractivity contribution in [3.63, 3.8) is 0 Å². The molecule has 0 aliphatic heterocycles. The van der Waals surface area contributed by atoms with Gasteiger partial charge in [-0.25, -0.2) is 4.98 Å². The number of alkyl halides is 3. The molecule has 0 saturated heterocycles. The lowest BCUT2D eigenvalue weighted by Crippen LogP contribution is -2.25. The quantitative estimate of drug-likeness (QED) is 0.575. The van der Waals surface area contributed by atoms with Crippen LogP contribution in [-0.4, -0.2) is 35.5 Å². The van der Waals surface area contributed by atoms with Gasteiger partial charge < -0.3 is 14.4 Å². The number of fused-ring (bicyclic) bond motifs is 1. The van der Waals surface area contributed by atoms with Crippen molar-refractivity contribution in [3.05, 3.63) is 41.9 Å². The van der Waals surface area contributed by atoms with Gasteiger partial charge in [0.2, 0.25) is 0 Å². The normalized spacial score (nSPS) is 11.4. The van der Waals surface area contributed by atoms with Crippen LogP contribution in [0.2, 0.25) is 0 Å². The standard InChI is InChI=1S/C17H13F3N2O2S2/c1-22(2)16(25)23-13-8-7-12-15(26-9-21-12)14(13)10-3-5-11(6-4-10)24-17(18,19)20/h3-9H,1-2H3. The second-order valence-corrected chi connectivity index (χ2v) is 6.68. The van der Waals surface area contributed by atoms with Crippen LogP contribution in [0.3, 0.4) is 0 Å². The van der Waals surface area contributed by atoms with E-state index in [0.29, 0.717) is 16.9 Å². The highest BCUT2D eigenvalue weighted by atomic mass is 32.1. The molecular weight excluding hydrogens is 385 g/mol. The third-order valence-corrected chi connectivity index (χ3v) is 4.71. The lowest BCUT2D eigenvalue weighted by Gasteiger charge is -2.17. The highest BCUT2D eigenvalue weighted by Crippen LogP contribution is 2.40. The van der Waals surface area contributed by atoms with Crippen molar-refractivity contribution in [2.45, 2.75) is 6.36 Å². The van der Waals surface area contributed by atoms with Crippen LogP contribution in [0.5, 0.6) is 11.5 Å². The molecule has 0 atom stereocenters. The van der Waals surface area contributed by atoms with E-state index in [1.165, 1.54) is 23.5 Å². The first kappa shape index (κ1) is 18.4. The Hall–Kier alpha value is -2.39. The Labute approximate surface area is 156 Å². The average molecular weight is 398 g/mol. The number of nitrogens with zero attached hydrogens (tertiary/aromatic N) is 2. The van der Waals surface area contributed by atoms with Gasteiger partial charge >= 0.3 is 6.36 Å². The summed E-state index contributed by atoms with van der Waals surface area (Å²) in [5.41, 5.74) is 3.85. The van der Waals surface area contributed by atoms with Crippen molar-refractivity contribution in [3.8, 4) is 22.6 Å². The molecule has 0 N–H and O–H groups in total. The summed E-state index contributed by atoms with van der Waals surface area (Å²) in [5.74, 6) is 0.217. The molecule has 3 rings (SSSR count). The van der Waals surface area contributed by atoms with Crippen LogP contribution in [-0.2, 0) is 0 Å². The maximum atomic E-state index is 12.3. The second-order valence-electron chi connectivity index (χ2n) is 5.47. The van der Waals surface area contributed by atoms with E-state index in [0.717, 1.165) is 10.2 Å². The first-order chi connectivity index (χ1) is 12.2. The van der Waals surface area contributed by atoms with Gasteiger partial charge in [0, 0.05) is 19.7 Å². The summed E-state index contributed by atoms with van der Waals surface area (Å²) >= 11 is 6.61. The Bertz CT molecular complexity index is 937. The highest BCUT2D eigenvalue weighted by Gasteiger charge is 2.31. The Balaban J connectivity index is 2.04. The fraction of sp³-hybridized carbons (Fsp3) is 0.176. The summed E-state index contributed by atoms with van der Waals surface area (Å²) in [6, 6.07) is 9.16. The molecule has 0 bridgehead atoms. The van der Waals surface area contributed by atoms with Crippen LogP contribution in [0.1, 0.15) is 0 Å². The zero-order valence-electron chi connectivity index (χ0n) is 13.7. The second kappa shape index (κ2) is 7.08. The van der Waals surface area contributed by atoms with Crippen LogP contribution >= 0.6 is 23.6 Å². The molecule has 0 unspecified atom stereocenters. The molecule has 4 nitrogen and oxygen atoms in total. The third kappa shape index (κ3) is 4.05. The number of halogens is 3. The van der Waals surface area contributed by atoms with Gasteiger partial charge in [-0.15, -0.1) is 24.5 Å². The number of thiazole rings is 1. The Morgan fingerprint density at radius 1 is 1.12 bits per heavy atom. The first-order valence-corrected chi connectivity index (χ1v) is 8.65. The summed E-state index contributed by atoms with van der Waals surface area (Å²) in [7, 11) is 3.52. The minimum atomic E-state index is -4.73. The zero-order valence-corrected chi connectivity index (χ0v) is 15.3. The fourth-order valence-electron chi connectivity index (χ4n) is 2.28. The molecule has 136 valence electrons. The maximum absolute atomic E-state index is 12.3. The number of benzene rings is 2. The van der Waals surface area contributed by atoms with Crippen molar-refractivity contribution < 1.29 is 22.6 Å². The molecule has 1 heterocycles. The van der Waals surface area contributed by atoms with Crippen LogP contribution < -0.4 is 9.47 Å². The highest BCUT2D eigenvalue weighted by molar-refractivity contribution is 7.80. The largest absolute Gasteiger partial charge is 0.573 e. The van der Waals surface area contributed by atoms with Gasteiger partial charge in [0.05, 0.1) is 15.7 Å². The van der Waals surface area contributed by atoms with E-state index in [4.69, 9.17) is 17.0 Å². The monoisotopic (exact) mass is 398 g/mol. The molecule has 1 aromatic heterocycles. The lowest BCUT2D eigenvalue weighted by atomic mass is 10.0. The molecule has 0 radical (unpaired) electrons. The Kier molecular flexibility index (Phi) is 5.01. The van der Waals surface area contributed by atoms with Crippen molar-refractivity contribution in [2.75, 3.05) is 14.1 Å². The summed E-state index contributed by atoms with van der Waals surface area (Å²) in [4.78, 5) is 5.92. The summed E-state index contributed by atoms with van der Waals surface area (Å²) in [5, 5.41) is 0.271. The number of aromatic nitrogens is 1. The average Bonchev–Trinajstić information content (AvgIpc) is 3.02. The molecule has 3 aromatic rings. The number of rotatable bonds is 3. The van der Waals surface area contributed by atoms with E-state index in [1.54, 1.807) is 42.7 Å². The molecule has 0 spiro atoms. The number of hydrogen-bond acceptors (Lipinski definition) is 5. The van der Waals surface area contributed by atoms with Crippen LogP contribution in [0.25, 0.3) is 21.3 Å². The number of hydrogen-bond donors (Lipinski definition) is 0. The fourth-order valence-corrected chi connectivity index (χ4v) is 3.22. The van der Waals surface area contributed by atoms with E-state index < -0.39 is 6.36 Å². The minimum absolute atomic E-state index is 0.271. The number of thiocarbonyl (C=S) groups is 1. The molecule has 2 aromatic carbocycles. The van der Waals surface area contributed by atoms with Gasteiger partial charge in [-0.2, -0.15) is 0 Å². The lowest BCUT2D eigenvalue weighted by molar-refractivity contribution is -0.274. The summed E-state index contributed by atoms with van der Waals surface area (Å²) < 4.78 is 47.6. The molecule has 0 fully saturated rings. The molecular formula is C17H13F3N2O2S2. The van der Waals surface area contributed by atoms with E-state index in [2.05, 4.69) is 9.72 Å². The van der Waals surface area contributed by atoms with Gasteiger partial charge in [-0.1, -0.05) is 12.1 Å². The van der Waals surface area contributed by atoms with Gasteiger partial charge in [-0.3, -0.25) is 0 Å². The van der Waals surface area contributed by atoms with Gasteiger partial charge in [0.25, 0.3) is 5.17 Å². The first-order valence-electron chi connectivity index (χ1n) is 7.36. The smallest absolute Gasteiger partial charge is 0.431 e. The minimum Gasteiger partial charge on any atom is -0.431 e. The zero-order chi connectivity index (χ0) is 18.9. The number of ether oxygens (including phenoxy) is 2. The van der Waals surface area contributed by atoms with Crippen LogP contribution in [0.4, 0.5) is 13.2 Å². The third-order valence-electron chi connectivity index (χ3n) is 3.40. The summed E-state index contributed by atoms with van der Waals surface area (Å²) in [6.45, 7) is 0. The van der Waals surface area contributed by atoms with E-state index in [1.807, 2.05) is 6.07 Å². The topological polar surface area (TPSA) is 34.6 Å². The predicted octanol–water partition coefficient (Wildman–Crippen LogP) is 5.09. The molecule has 9 heteroatoms. The van der Waals surface area contributed by atoms with Crippen molar-refractivity contribution in [1.82, 2.24) is 9.88 Å². The van der Waals surface area contributed by atoms with Crippen LogP contribution in [0.15, 0.2) is 41.9 Å². The summed E-state index contributed by atoms with van der Waals surface area (Å²) in [6.07, 6.45) is -4.73. The maximum Gasteiger partial charge on any atom is 0.573 e. The van der Waals surface area contributed by atoms with Crippen LogP contribution in [0, 0.1) is 0 Å². The van der Waals surface area contributed by atoms with Gasteiger partial charge in [-0.05, 0) is 42.0 Å². The van der Waals surface area contributed by atoms with E-state index in [-0.39, 0.29) is 10.9 Å². The molecule has 0 amide bonds. The van der Waals surface area contributed by atoms with E-state index in [9.17, 15) is 13.2 Å².